The number of carbonyl (C=O) groups excluding carboxylic acids is 1. The standard InChI is InChI=1S/C30H35B2N7O5/c1-18(23-12-24(21(13-33)14-36-23)44-30(32,43)29(31,41)42)39-17-28(6-5-7-28)25-20(16-37(3)4)10-19(11-22(25)26(39)40)15-38-9-8-35-27(38)34-2/h8-12,14,18,41-43H,5-7,15-17H2,1-4H3,(H,34,35). The molecule has 44 heavy (non-hydrogen) atoms. The molecule has 3 heterocycles. The number of hydrogen-bond donors (Lipinski definition) is 4. The van der Waals surface area contributed by atoms with Crippen LogP contribution in [0.2, 0.25) is 0 Å². The van der Waals surface area contributed by atoms with Crippen molar-refractivity contribution in [2.75, 3.05) is 33.0 Å². The molecule has 0 saturated heterocycles. The zero-order valence-electron chi connectivity index (χ0n) is 25.3. The third-order valence-corrected chi connectivity index (χ3v) is 8.56. The second kappa shape index (κ2) is 11.6. The molecule has 1 saturated carbocycles. The van der Waals surface area contributed by atoms with Crippen LogP contribution in [0.4, 0.5) is 5.95 Å². The molecule has 2 unspecified atom stereocenters. The van der Waals surface area contributed by atoms with Crippen molar-refractivity contribution in [3.05, 3.63) is 70.3 Å². The lowest BCUT2D eigenvalue weighted by molar-refractivity contribution is -0.254. The second-order valence-corrected chi connectivity index (χ2v) is 12.0. The number of amides is 1. The molecule has 2 aliphatic rings. The summed E-state index contributed by atoms with van der Waals surface area (Å²) in [6, 6.07) is 6.81. The van der Waals surface area contributed by atoms with Crippen LogP contribution in [-0.2, 0) is 18.5 Å². The van der Waals surface area contributed by atoms with Crippen LogP contribution in [0.25, 0.3) is 0 Å². The zero-order valence-corrected chi connectivity index (χ0v) is 25.3. The third-order valence-electron chi connectivity index (χ3n) is 8.56. The molecule has 1 amide bonds. The van der Waals surface area contributed by atoms with Gasteiger partial charge in [0.2, 0.25) is 5.95 Å². The van der Waals surface area contributed by atoms with Crippen LogP contribution in [0, 0.1) is 11.3 Å². The Morgan fingerprint density at radius 1 is 1.23 bits per heavy atom. The Hall–Kier alpha value is -3.89. The van der Waals surface area contributed by atoms with E-state index in [9.17, 15) is 25.4 Å². The number of benzene rings is 1. The minimum Gasteiger partial charge on any atom is -0.466 e. The molecule has 3 aromatic rings. The maximum absolute atomic E-state index is 14.4. The number of ether oxygens (including phenoxy) is 1. The minimum absolute atomic E-state index is 0.127. The van der Waals surface area contributed by atoms with Gasteiger partial charge in [0.15, 0.2) is 27.1 Å². The Kier molecular flexibility index (Phi) is 8.28. The summed E-state index contributed by atoms with van der Waals surface area (Å²) < 4.78 is 7.17. The van der Waals surface area contributed by atoms with Crippen LogP contribution in [0.15, 0.2) is 36.8 Å². The Balaban J connectivity index is 1.56. The molecular weight excluding hydrogens is 560 g/mol. The quantitative estimate of drug-likeness (QED) is 0.196. The van der Waals surface area contributed by atoms with E-state index in [1.54, 1.807) is 11.1 Å². The molecular formula is C30H35B2N7O5. The second-order valence-electron chi connectivity index (χ2n) is 12.0. The molecule has 1 aliphatic carbocycles. The number of hydrogen-bond acceptors (Lipinski definition) is 10. The number of imidazole rings is 1. The van der Waals surface area contributed by atoms with Gasteiger partial charge in [-0.15, -0.1) is 0 Å². The SMILES string of the molecule is [B]C(O)(O)C([B])(O)Oc1cc(C(C)N2CC3(CCC3)c3c(CN(C)C)cc(Cn4ccnc4NC)cc3C2=O)ncc1C#N. The topological polar surface area (TPSA) is 160 Å². The predicted octanol–water partition coefficient (Wildman–Crippen LogP) is 0.940. The summed E-state index contributed by atoms with van der Waals surface area (Å²) >= 11 is 0. The van der Waals surface area contributed by atoms with Crippen molar-refractivity contribution in [3.8, 4) is 11.8 Å². The molecule has 1 aromatic carbocycles. The highest BCUT2D eigenvalue weighted by molar-refractivity contribution is 6.23. The van der Waals surface area contributed by atoms with Crippen molar-refractivity contribution in [2.45, 2.75) is 62.1 Å². The first kappa shape index (κ1) is 31.5. The van der Waals surface area contributed by atoms with Gasteiger partial charge in [-0.3, -0.25) is 9.78 Å². The molecule has 1 aliphatic heterocycles. The van der Waals surface area contributed by atoms with Crippen LogP contribution in [-0.4, -0.2) is 100 Å². The van der Waals surface area contributed by atoms with E-state index < -0.39 is 17.4 Å². The first-order valence-corrected chi connectivity index (χ1v) is 14.3. The number of aromatic nitrogens is 3. The third kappa shape index (κ3) is 5.68. The zero-order chi connectivity index (χ0) is 32.0. The number of rotatable bonds is 10. The van der Waals surface area contributed by atoms with Gasteiger partial charge < -0.3 is 39.7 Å². The Bertz CT molecular complexity index is 1610. The Labute approximate surface area is 259 Å². The lowest BCUT2D eigenvalue weighted by atomic mass is 9.60. The summed E-state index contributed by atoms with van der Waals surface area (Å²) in [4.78, 5) is 27.0. The molecule has 2 aromatic heterocycles. The summed E-state index contributed by atoms with van der Waals surface area (Å²) in [5.74, 6) is 0.297. The van der Waals surface area contributed by atoms with Gasteiger partial charge in [-0.2, -0.15) is 5.26 Å². The van der Waals surface area contributed by atoms with Gasteiger partial charge in [0.25, 0.3) is 5.91 Å². The molecule has 1 spiro atoms. The molecule has 2 atom stereocenters. The highest BCUT2D eigenvalue weighted by atomic mass is 16.7. The van der Waals surface area contributed by atoms with E-state index >= 15 is 0 Å². The van der Waals surface area contributed by atoms with Gasteiger partial charge in [-0.05, 0) is 56.6 Å². The van der Waals surface area contributed by atoms with Gasteiger partial charge in [0.1, 0.15) is 17.4 Å². The van der Waals surface area contributed by atoms with Crippen molar-refractivity contribution >= 4 is 27.5 Å². The average Bonchev–Trinajstić information content (AvgIpc) is 3.38. The van der Waals surface area contributed by atoms with Gasteiger partial charge in [-0.25, -0.2) is 4.98 Å². The first-order chi connectivity index (χ1) is 20.7. The summed E-state index contributed by atoms with van der Waals surface area (Å²) in [6.07, 6.45) is 7.74. The van der Waals surface area contributed by atoms with Crippen LogP contribution in [0.1, 0.15) is 70.5 Å². The fourth-order valence-corrected chi connectivity index (χ4v) is 6.19. The molecule has 14 heteroatoms. The minimum atomic E-state index is -3.33. The predicted molar refractivity (Wildman–Crippen MR) is 163 cm³/mol. The first-order valence-electron chi connectivity index (χ1n) is 14.3. The number of nitriles is 1. The van der Waals surface area contributed by atoms with Crippen molar-refractivity contribution in [1.29, 1.82) is 5.26 Å². The summed E-state index contributed by atoms with van der Waals surface area (Å²) in [7, 11) is 16.5. The Morgan fingerprint density at radius 3 is 2.55 bits per heavy atom. The van der Waals surface area contributed by atoms with E-state index in [2.05, 4.69) is 26.3 Å². The molecule has 1 fully saturated rings. The van der Waals surface area contributed by atoms with Crippen molar-refractivity contribution in [1.82, 2.24) is 24.3 Å². The lowest BCUT2D eigenvalue weighted by Crippen LogP contribution is -2.59. The molecule has 0 bridgehead atoms. The van der Waals surface area contributed by atoms with Crippen molar-refractivity contribution in [3.63, 3.8) is 0 Å². The Morgan fingerprint density at radius 2 is 1.95 bits per heavy atom. The number of nitrogens with zero attached hydrogens (tertiary/aromatic N) is 6. The van der Waals surface area contributed by atoms with Crippen LogP contribution >= 0.6 is 0 Å². The number of aliphatic hydroxyl groups is 3. The van der Waals surface area contributed by atoms with E-state index in [1.165, 1.54) is 12.3 Å². The fraction of sp³-hybridized carbons (Fsp3) is 0.467. The summed E-state index contributed by atoms with van der Waals surface area (Å²) in [5.41, 5.74) is -2.62. The lowest BCUT2D eigenvalue weighted by Gasteiger charge is -2.52. The van der Waals surface area contributed by atoms with Gasteiger partial charge in [0.05, 0.1) is 18.3 Å². The fourth-order valence-electron chi connectivity index (χ4n) is 6.19. The number of carbonyl (C=O) groups is 1. The average molecular weight is 595 g/mol. The van der Waals surface area contributed by atoms with E-state index in [-0.39, 0.29) is 22.6 Å². The van der Waals surface area contributed by atoms with Gasteiger partial charge in [-0.1, -0.05) is 12.5 Å². The van der Waals surface area contributed by atoms with Crippen molar-refractivity contribution < 1.29 is 24.9 Å². The smallest absolute Gasteiger partial charge is 0.254 e. The molecule has 4 radical (unpaired) electrons. The van der Waals surface area contributed by atoms with Crippen LogP contribution in [0.5, 0.6) is 5.75 Å². The van der Waals surface area contributed by atoms with E-state index in [4.69, 9.17) is 20.4 Å². The van der Waals surface area contributed by atoms with E-state index in [0.717, 1.165) is 41.9 Å². The number of pyridine rings is 1. The molecule has 5 rings (SSSR count). The van der Waals surface area contributed by atoms with Crippen molar-refractivity contribution in [2.24, 2.45) is 0 Å². The summed E-state index contributed by atoms with van der Waals surface area (Å²) in [6.45, 7) is 3.51. The van der Waals surface area contributed by atoms with E-state index in [1.807, 2.05) is 51.0 Å². The largest absolute Gasteiger partial charge is 0.466 e. The van der Waals surface area contributed by atoms with Crippen LogP contribution < -0.4 is 10.1 Å². The molecule has 226 valence electrons. The van der Waals surface area contributed by atoms with Crippen LogP contribution in [0.3, 0.4) is 0 Å². The number of nitrogens with one attached hydrogen (secondary N) is 1. The molecule has 4 N–H and O–H groups in total. The normalized spacial score (nSPS) is 17.9. The number of fused-ring (bicyclic) bond motifs is 2. The monoisotopic (exact) mass is 595 g/mol. The summed E-state index contributed by atoms with van der Waals surface area (Å²) in [5, 5.41) is 42.2. The number of anilines is 1. The van der Waals surface area contributed by atoms with Gasteiger partial charge >= 0.3 is 0 Å². The maximum Gasteiger partial charge on any atom is 0.254 e. The van der Waals surface area contributed by atoms with Gasteiger partial charge in [0, 0.05) is 55.8 Å². The van der Waals surface area contributed by atoms with E-state index in [0.29, 0.717) is 30.9 Å². The highest BCUT2D eigenvalue weighted by Gasteiger charge is 2.49. The maximum atomic E-state index is 14.4. The molecule has 12 nitrogen and oxygen atoms in total. The highest BCUT2D eigenvalue weighted by Crippen LogP contribution is 2.51.